The minimum Gasteiger partial charge on any atom is -0.396 e. The van der Waals surface area contributed by atoms with Crippen molar-refractivity contribution in [3.05, 3.63) is 47.5 Å². The third kappa shape index (κ3) is 3.17. The molecule has 112 valence electrons. The number of anilines is 3. The topological polar surface area (TPSA) is 89.4 Å². The maximum absolute atomic E-state index is 11.6. The predicted molar refractivity (Wildman–Crippen MR) is 86.2 cm³/mol. The molecule has 6 heteroatoms. The molecule has 0 radical (unpaired) electrons. The number of benzene rings is 2. The van der Waals surface area contributed by atoms with Gasteiger partial charge in [0.1, 0.15) is 4.90 Å². The summed E-state index contributed by atoms with van der Waals surface area (Å²) < 4.78 is 23.1. The summed E-state index contributed by atoms with van der Waals surface area (Å²) in [6.45, 7) is 4.02. The third-order valence-corrected chi connectivity index (χ3v) is 4.27. The molecule has 0 saturated carbocycles. The van der Waals surface area contributed by atoms with Crippen LogP contribution in [0.25, 0.3) is 0 Å². The maximum atomic E-state index is 11.6. The van der Waals surface area contributed by atoms with Crippen LogP contribution in [0.4, 0.5) is 17.1 Å². The van der Waals surface area contributed by atoms with Crippen LogP contribution >= 0.6 is 0 Å². The number of nitrogens with two attached hydrogens (primary N) is 2. The minimum atomic E-state index is -3.84. The summed E-state index contributed by atoms with van der Waals surface area (Å²) in [5.74, 6) is 0. The first-order valence-electron chi connectivity index (χ1n) is 6.43. The predicted octanol–water partition coefficient (Wildman–Crippen LogP) is 2.30. The highest BCUT2D eigenvalue weighted by molar-refractivity contribution is 7.89. The SMILES string of the molecule is Cc1cc(C)cc(N(C)c2cccc(S(N)(=O)=O)c2N)c1. The number of nitrogen functional groups attached to an aromatic ring is 1. The molecule has 0 saturated heterocycles. The second-order valence-corrected chi connectivity index (χ2v) is 6.67. The van der Waals surface area contributed by atoms with Gasteiger partial charge in [-0.05, 0) is 49.2 Å². The largest absolute Gasteiger partial charge is 0.396 e. The monoisotopic (exact) mass is 305 g/mol. The smallest absolute Gasteiger partial charge is 0.240 e. The molecule has 4 N–H and O–H groups in total. The number of para-hydroxylation sites is 1. The van der Waals surface area contributed by atoms with Gasteiger partial charge in [-0.25, -0.2) is 13.6 Å². The van der Waals surface area contributed by atoms with Crippen LogP contribution in [-0.2, 0) is 10.0 Å². The fourth-order valence-electron chi connectivity index (χ4n) is 2.36. The average Bonchev–Trinajstić information content (AvgIpc) is 2.35. The lowest BCUT2D eigenvalue weighted by molar-refractivity contribution is 0.598. The van der Waals surface area contributed by atoms with Crippen molar-refractivity contribution in [2.75, 3.05) is 17.7 Å². The van der Waals surface area contributed by atoms with Crippen LogP contribution in [0.2, 0.25) is 0 Å². The molecule has 2 rings (SSSR count). The summed E-state index contributed by atoms with van der Waals surface area (Å²) in [6, 6.07) is 10.9. The van der Waals surface area contributed by atoms with E-state index in [2.05, 4.69) is 6.07 Å². The number of rotatable bonds is 3. The molecular weight excluding hydrogens is 286 g/mol. The first-order chi connectivity index (χ1) is 9.70. The van der Waals surface area contributed by atoms with E-state index in [1.54, 1.807) is 12.1 Å². The fourth-order valence-corrected chi connectivity index (χ4v) is 3.04. The van der Waals surface area contributed by atoms with Gasteiger partial charge in [0.15, 0.2) is 0 Å². The Morgan fingerprint density at radius 3 is 2.14 bits per heavy atom. The standard InChI is InChI=1S/C15H19N3O2S/c1-10-7-11(2)9-12(8-10)18(3)13-5-4-6-14(15(13)16)21(17,19)20/h4-9H,16H2,1-3H3,(H2,17,19,20). The van der Waals surface area contributed by atoms with Crippen LogP contribution in [0.3, 0.4) is 0 Å². The van der Waals surface area contributed by atoms with Gasteiger partial charge in [0, 0.05) is 12.7 Å². The van der Waals surface area contributed by atoms with Crippen molar-refractivity contribution in [2.45, 2.75) is 18.7 Å². The van der Waals surface area contributed by atoms with E-state index in [9.17, 15) is 8.42 Å². The van der Waals surface area contributed by atoms with E-state index in [4.69, 9.17) is 10.9 Å². The van der Waals surface area contributed by atoms with Gasteiger partial charge >= 0.3 is 0 Å². The van der Waals surface area contributed by atoms with E-state index in [-0.39, 0.29) is 10.6 Å². The highest BCUT2D eigenvalue weighted by Gasteiger charge is 2.17. The summed E-state index contributed by atoms with van der Waals surface area (Å²) in [4.78, 5) is 1.79. The zero-order chi connectivity index (χ0) is 15.8. The van der Waals surface area contributed by atoms with Crippen molar-refractivity contribution < 1.29 is 8.42 Å². The normalized spacial score (nSPS) is 11.4. The zero-order valence-electron chi connectivity index (χ0n) is 12.3. The third-order valence-electron chi connectivity index (χ3n) is 3.30. The molecule has 0 aliphatic rings. The van der Waals surface area contributed by atoms with Crippen LogP contribution in [-0.4, -0.2) is 15.5 Å². The van der Waals surface area contributed by atoms with Crippen molar-refractivity contribution in [3.8, 4) is 0 Å². The Morgan fingerprint density at radius 2 is 1.62 bits per heavy atom. The Bertz CT molecular complexity index is 765. The number of hydrogen-bond donors (Lipinski definition) is 2. The van der Waals surface area contributed by atoms with E-state index in [0.717, 1.165) is 16.8 Å². The van der Waals surface area contributed by atoms with Crippen molar-refractivity contribution in [1.29, 1.82) is 0 Å². The van der Waals surface area contributed by atoms with Gasteiger partial charge in [-0.2, -0.15) is 0 Å². The average molecular weight is 305 g/mol. The van der Waals surface area contributed by atoms with Gasteiger partial charge < -0.3 is 10.6 Å². The van der Waals surface area contributed by atoms with Gasteiger partial charge in [-0.15, -0.1) is 0 Å². The number of primary sulfonamides is 1. The zero-order valence-corrected chi connectivity index (χ0v) is 13.1. The Balaban J connectivity index is 2.56. The molecular formula is C15H19N3O2S. The summed E-state index contributed by atoms with van der Waals surface area (Å²) in [7, 11) is -2.00. The molecule has 0 bridgehead atoms. The van der Waals surface area contributed by atoms with Gasteiger partial charge in [0.05, 0.1) is 11.4 Å². The second kappa shape index (κ2) is 5.38. The van der Waals surface area contributed by atoms with E-state index >= 15 is 0 Å². The Kier molecular flexibility index (Phi) is 3.93. The van der Waals surface area contributed by atoms with Crippen molar-refractivity contribution in [2.24, 2.45) is 5.14 Å². The van der Waals surface area contributed by atoms with Gasteiger partial charge in [-0.1, -0.05) is 12.1 Å². The molecule has 5 nitrogen and oxygen atoms in total. The molecule has 0 atom stereocenters. The lowest BCUT2D eigenvalue weighted by Crippen LogP contribution is -2.18. The molecule has 0 aliphatic carbocycles. The van der Waals surface area contributed by atoms with E-state index in [1.165, 1.54) is 6.07 Å². The highest BCUT2D eigenvalue weighted by Crippen LogP contribution is 2.33. The van der Waals surface area contributed by atoms with Crippen LogP contribution in [0, 0.1) is 13.8 Å². The first-order valence-corrected chi connectivity index (χ1v) is 7.98. The van der Waals surface area contributed by atoms with Crippen molar-refractivity contribution in [3.63, 3.8) is 0 Å². The van der Waals surface area contributed by atoms with Crippen molar-refractivity contribution >= 4 is 27.1 Å². The lowest BCUT2D eigenvalue weighted by atomic mass is 10.1. The van der Waals surface area contributed by atoms with Gasteiger partial charge in [-0.3, -0.25) is 0 Å². The van der Waals surface area contributed by atoms with Gasteiger partial charge in [0.2, 0.25) is 10.0 Å². The first kappa shape index (κ1) is 15.3. The minimum absolute atomic E-state index is 0.0591. The number of sulfonamides is 1. The molecule has 0 heterocycles. The van der Waals surface area contributed by atoms with Gasteiger partial charge in [0.25, 0.3) is 0 Å². The molecule has 21 heavy (non-hydrogen) atoms. The number of aryl methyl sites for hydroxylation is 2. The lowest BCUT2D eigenvalue weighted by Gasteiger charge is -2.23. The fraction of sp³-hybridized carbons (Fsp3) is 0.200. The number of nitrogens with zero attached hydrogens (tertiary/aromatic N) is 1. The molecule has 2 aromatic carbocycles. The molecule has 0 spiro atoms. The van der Waals surface area contributed by atoms with Crippen LogP contribution in [0.1, 0.15) is 11.1 Å². The van der Waals surface area contributed by atoms with E-state index in [0.29, 0.717) is 5.69 Å². The molecule has 0 fully saturated rings. The maximum Gasteiger partial charge on any atom is 0.240 e. The second-order valence-electron chi connectivity index (χ2n) is 5.14. The highest BCUT2D eigenvalue weighted by atomic mass is 32.2. The Morgan fingerprint density at radius 1 is 1.05 bits per heavy atom. The molecule has 2 aromatic rings. The quantitative estimate of drug-likeness (QED) is 0.851. The number of hydrogen-bond acceptors (Lipinski definition) is 4. The molecule has 0 unspecified atom stereocenters. The van der Waals surface area contributed by atoms with Crippen LogP contribution in [0.5, 0.6) is 0 Å². The summed E-state index contributed by atoms with van der Waals surface area (Å²) in [5.41, 5.74) is 9.92. The van der Waals surface area contributed by atoms with Crippen molar-refractivity contribution in [1.82, 2.24) is 0 Å². The summed E-state index contributed by atoms with van der Waals surface area (Å²) in [5, 5.41) is 5.19. The van der Waals surface area contributed by atoms with E-state index in [1.807, 2.05) is 37.9 Å². The molecule has 0 aromatic heterocycles. The molecule has 0 aliphatic heterocycles. The summed E-state index contributed by atoms with van der Waals surface area (Å²) in [6.07, 6.45) is 0. The summed E-state index contributed by atoms with van der Waals surface area (Å²) >= 11 is 0. The Labute approximate surface area is 125 Å². The molecule has 0 amide bonds. The van der Waals surface area contributed by atoms with Crippen LogP contribution in [0.15, 0.2) is 41.3 Å². The Hall–Kier alpha value is -2.05. The van der Waals surface area contributed by atoms with Crippen LogP contribution < -0.4 is 15.8 Å². The van der Waals surface area contributed by atoms with E-state index < -0.39 is 10.0 Å².